The maximum absolute atomic E-state index is 13.1. The molecule has 1 atom stereocenters. The highest BCUT2D eigenvalue weighted by atomic mass is 32.2. The molecule has 0 radical (unpaired) electrons. The Balaban J connectivity index is 1.66. The molecule has 0 unspecified atom stereocenters. The van der Waals surface area contributed by atoms with Crippen LogP contribution in [0.4, 0.5) is 0 Å². The van der Waals surface area contributed by atoms with Crippen LogP contribution in [0.15, 0.2) is 65.7 Å². The van der Waals surface area contributed by atoms with E-state index < -0.39 is 0 Å². The number of benzene rings is 2. The van der Waals surface area contributed by atoms with Crippen molar-refractivity contribution >= 4 is 17.5 Å². The van der Waals surface area contributed by atoms with Crippen molar-refractivity contribution in [3.05, 3.63) is 83.2 Å². The molecular weight excluding hydrogens is 410 g/mol. The van der Waals surface area contributed by atoms with E-state index in [2.05, 4.69) is 22.6 Å². The van der Waals surface area contributed by atoms with Crippen LogP contribution in [-0.4, -0.2) is 34.1 Å². The molecular formula is C25H29NO4S. The molecule has 3 aromatic rings. The van der Waals surface area contributed by atoms with Crippen LogP contribution in [0.1, 0.15) is 41.0 Å². The second-order valence-electron chi connectivity index (χ2n) is 7.52. The lowest BCUT2D eigenvalue weighted by molar-refractivity contribution is -0.253. The van der Waals surface area contributed by atoms with Crippen LogP contribution in [-0.2, 0) is 17.9 Å². The molecule has 0 aliphatic carbocycles. The number of carbonyl (C=O) groups is 1. The number of ketones is 1. The summed E-state index contributed by atoms with van der Waals surface area (Å²) in [4.78, 5) is 18.3. The molecule has 1 aromatic heterocycles. The summed E-state index contributed by atoms with van der Waals surface area (Å²) in [7, 11) is 0. The molecule has 164 valence electrons. The number of nitrogens with zero attached hydrogens (tertiary/aromatic N) is 1. The largest absolute Gasteiger partial charge is 0.488 e. The van der Waals surface area contributed by atoms with Crippen LogP contribution in [0.25, 0.3) is 0 Å². The van der Waals surface area contributed by atoms with Gasteiger partial charge >= 0.3 is 0 Å². The maximum Gasteiger partial charge on any atom is 0.209 e. The van der Waals surface area contributed by atoms with Crippen LogP contribution in [0, 0.1) is 6.92 Å². The monoisotopic (exact) mass is 439 g/mol. The van der Waals surface area contributed by atoms with Crippen LogP contribution in [0.5, 0.6) is 5.75 Å². The third-order valence-corrected chi connectivity index (χ3v) is 5.93. The third kappa shape index (κ3) is 6.47. The predicted molar refractivity (Wildman–Crippen MR) is 124 cm³/mol. The summed E-state index contributed by atoms with van der Waals surface area (Å²) < 4.78 is 7.80. The van der Waals surface area contributed by atoms with E-state index in [9.17, 15) is 4.79 Å². The molecule has 3 rings (SSSR count). The Bertz CT molecular complexity index is 997. The zero-order valence-electron chi connectivity index (χ0n) is 18.2. The Kier molecular flexibility index (Phi) is 8.35. The van der Waals surface area contributed by atoms with Gasteiger partial charge in [-0.1, -0.05) is 42.8 Å². The number of hydrogen-bond donors (Lipinski definition) is 1. The van der Waals surface area contributed by atoms with Crippen LogP contribution in [0.2, 0.25) is 0 Å². The lowest BCUT2D eigenvalue weighted by atomic mass is 10.1. The van der Waals surface area contributed by atoms with Crippen molar-refractivity contribution in [2.45, 2.75) is 44.7 Å². The van der Waals surface area contributed by atoms with Gasteiger partial charge in [-0.05, 0) is 50.1 Å². The second kappa shape index (κ2) is 11.2. The van der Waals surface area contributed by atoms with Gasteiger partial charge in [0.2, 0.25) is 5.78 Å². The molecule has 0 aliphatic heterocycles. The van der Waals surface area contributed by atoms with E-state index in [0.717, 1.165) is 46.2 Å². The summed E-state index contributed by atoms with van der Waals surface area (Å²) in [6.45, 7) is 6.80. The summed E-state index contributed by atoms with van der Waals surface area (Å²) >= 11 is 1.71. The van der Waals surface area contributed by atoms with E-state index in [1.54, 1.807) is 11.8 Å². The third-order valence-electron chi connectivity index (χ3n) is 4.96. The van der Waals surface area contributed by atoms with Crippen molar-refractivity contribution in [2.75, 3.05) is 12.4 Å². The minimum absolute atomic E-state index is 0.0557. The Morgan fingerprint density at radius 2 is 1.94 bits per heavy atom. The lowest BCUT2D eigenvalue weighted by Crippen LogP contribution is -2.18. The van der Waals surface area contributed by atoms with Gasteiger partial charge in [-0.3, -0.25) is 10.1 Å². The second-order valence-corrected chi connectivity index (χ2v) is 8.69. The quantitative estimate of drug-likeness (QED) is 0.181. The Morgan fingerprint density at radius 1 is 1.16 bits per heavy atom. The first-order valence-electron chi connectivity index (χ1n) is 10.5. The Hall–Kier alpha value is -2.54. The van der Waals surface area contributed by atoms with Gasteiger partial charge in [-0.15, -0.1) is 11.8 Å². The summed E-state index contributed by atoms with van der Waals surface area (Å²) in [5.41, 5.74) is 3.75. The number of thioether (sulfide) groups is 1. The number of hydrogen-bond acceptors (Lipinski definition) is 5. The van der Waals surface area contributed by atoms with E-state index in [1.807, 2.05) is 68.4 Å². The molecule has 31 heavy (non-hydrogen) atoms. The highest BCUT2D eigenvalue weighted by Gasteiger charge is 2.15. The highest BCUT2D eigenvalue weighted by Crippen LogP contribution is 2.25. The fourth-order valence-electron chi connectivity index (χ4n) is 3.26. The van der Waals surface area contributed by atoms with Crippen molar-refractivity contribution in [2.24, 2.45) is 0 Å². The smallest absolute Gasteiger partial charge is 0.209 e. The van der Waals surface area contributed by atoms with Crippen LogP contribution < -0.4 is 4.74 Å². The molecule has 5 nitrogen and oxygen atoms in total. The topological polar surface area (TPSA) is 60.7 Å². The number of aromatic nitrogens is 1. The first-order chi connectivity index (χ1) is 15.0. The van der Waals surface area contributed by atoms with Crippen molar-refractivity contribution in [3.63, 3.8) is 0 Å². The summed E-state index contributed by atoms with van der Waals surface area (Å²) in [6, 6.07) is 17.6. The molecule has 0 aliphatic rings. The van der Waals surface area contributed by atoms with Crippen molar-refractivity contribution in [3.8, 4) is 5.75 Å². The van der Waals surface area contributed by atoms with Gasteiger partial charge in [-0.25, -0.2) is 4.89 Å². The fourth-order valence-corrected chi connectivity index (χ4v) is 4.16. The van der Waals surface area contributed by atoms with Gasteiger partial charge in [-0.2, -0.15) is 0 Å². The number of ether oxygens (including phenoxy) is 1. The highest BCUT2D eigenvalue weighted by molar-refractivity contribution is 7.99. The van der Waals surface area contributed by atoms with Crippen molar-refractivity contribution in [1.82, 2.24) is 4.57 Å². The van der Waals surface area contributed by atoms with Gasteiger partial charge in [0, 0.05) is 29.0 Å². The van der Waals surface area contributed by atoms with E-state index in [4.69, 9.17) is 9.99 Å². The zero-order chi connectivity index (χ0) is 22.2. The Labute approximate surface area is 187 Å². The SMILES string of the molecule is CCc1cc(C(=O)c2ccc(C)cc2)n(CCSc2cccc(O[C@@H](C)COO)c2)c1. The van der Waals surface area contributed by atoms with Gasteiger partial charge in [0.25, 0.3) is 0 Å². The average molecular weight is 440 g/mol. The van der Waals surface area contributed by atoms with E-state index in [0.29, 0.717) is 5.56 Å². The molecule has 0 amide bonds. The number of carbonyl (C=O) groups excluding carboxylic acids is 1. The molecule has 2 aromatic carbocycles. The normalized spacial score (nSPS) is 12.0. The molecule has 0 saturated carbocycles. The number of rotatable bonds is 11. The first-order valence-corrected chi connectivity index (χ1v) is 11.4. The summed E-state index contributed by atoms with van der Waals surface area (Å²) in [5.74, 6) is 1.62. The minimum Gasteiger partial charge on any atom is -0.488 e. The predicted octanol–water partition coefficient (Wildman–Crippen LogP) is 5.64. The molecule has 1 N–H and O–H groups in total. The van der Waals surface area contributed by atoms with E-state index >= 15 is 0 Å². The molecule has 0 fully saturated rings. The van der Waals surface area contributed by atoms with E-state index in [1.165, 1.54) is 0 Å². The number of aryl methyl sites for hydroxylation is 3. The molecule has 0 saturated heterocycles. The first kappa shape index (κ1) is 23.1. The maximum atomic E-state index is 13.1. The van der Waals surface area contributed by atoms with Crippen LogP contribution in [0.3, 0.4) is 0 Å². The molecule has 0 spiro atoms. The van der Waals surface area contributed by atoms with Gasteiger partial charge in [0.05, 0.1) is 5.69 Å². The zero-order valence-corrected chi connectivity index (χ0v) is 19.0. The van der Waals surface area contributed by atoms with Crippen molar-refractivity contribution < 1.29 is 19.7 Å². The van der Waals surface area contributed by atoms with Gasteiger partial charge in [0.15, 0.2) is 0 Å². The van der Waals surface area contributed by atoms with Crippen LogP contribution >= 0.6 is 11.8 Å². The van der Waals surface area contributed by atoms with Gasteiger partial charge in [0.1, 0.15) is 18.5 Å². The van der Waals surface area contributed by atoms with Gasteiger partial charge < -0.3 is 9.30 Å². The molecule has 0 bridgehead atoms. The summed E-state index contributed by atoms with van der Waals surface area (Å²) in [5, 5.41) is 8.55. The van der Waals surface area contributed by atoms with Crippen molar-refractivity contribution in [1.29, 1.82) is 0 Å². The fraction of sp³-hybridized carbons (Fsp3) is 0.320. The minimum atomic E-state index is -0.243. The summed E-state index contributed by atoms with van der Waals surface area (Å²) in [6.07, 6.45) is 2.73. The molecule has 1 heterocycles. The Morgan fingerprint density at radius 3 is 2.65 bits per heavy atom. The lowest BCUT2D eigenvalue weighted by Gasteiger charge is -2.13. The molecule has 6 heteroatoms. The van der Waals surface area contributed by atoms with E-state index in [-0.39, 0.29) is 18.5 Å². The average Bonchev–Trinajstić information content (AvgIpc) is 3.17. The standard InChI is InChI=1S/C25H29NO4S/c1-4-20-14-24(25(27)21-10-8-18(2)9-11-21)26(16-20)12-13-31-23-7-5-6-22(15-23)30-19(3)17-29-28/h5-11,14-16,19,28H,4,12-13,17H2,1-3H3/t19-/m0/s1.